The number of amides is 1. The highest BCUT2D eigenvalue weighted by Crippen LogP contribution is 2.32. The number of nitro groups is 1. The number of rotatable bonds is 6. The van der Waals surface area contributed by atoms with Gasteiger partial charge in [0.1, 0.15) is 0 Å². The monoisotopic (exact) mass is 442 g/mol. The topological polar surface area (TPSA) is 97.9 Å². The maximum Gasteiger partial charge on any atom is 0.269 e. The maximum atomic E-state index is 12.3. The number of nitro benzene ring substituents is 1. The van der Waals surface area contributed by atoms with Crippen molar-refractivity contribution in [3.8, 4) is 0 Å². The molecular weight excluding hydrogens is 424 g/mol. The summed E-state index contributed by atoms with van der Waals surface area (Å²) in [6.45, 7) is 2.49. The maximum absolute atomic E-state index is 12.3. The molecule has 0 N–H and O–H groups in total. The summed E-state index contributed by atoms with van der Waals surface area (Å²) < 4.78 is 7.12. The van der Waals surface area contributed by atoms with Crippen LogP contribution >= 0.6 is 23.1 Å². The Balaban J connectivity index is 1.40. The minimum atomic E-state index is -0.428. The first-order valence-electron chi connectivity index (χ1n) is 9.26. The second-order valence-corrected chi connectivity index (χ2v) is 8.77. The van der Waals surface area contributed by atoms with E-state index in [1.165, 1.54) is 35.2 Å². The Morgan fingerprint density at radius 2 is 2.03 bits per heavy atom. The molecule has 0 unspecified atom stereocenters. The highest BCUT2D eigenvalue weighted by Gasteiger charge is 2.17. The second-order valence-electron chi connectivity index (χ2n) is 6.52. The lowest BCUT2D eigenvalue weighted by Crippen LogP contribution is -2.41. The molecule has 1 amide bonds. The predicted octanol–water partition coefficient (Wildman–Crippen LogP) is 3.91. The van der Waals surface area contributed by atoms with Gasteiger partial charge >= 0.3 is 0 Å². The molecule has 1 fully saturated rings. The number of fused-ring (bicyclic) bond motifs is 1. The van der Waals surface area contributed by atoms with E-state index in [9.17, 15) is 14.9 Å². The van der Waals surface area contributed by atoms with E-state index in [1.54, 1.807) is 18.3 Å². The summed E-state index contributed by atoms with van der Waals surface area (Å²) in [4.78, 5) is 33.4. The van der Waals surface area contributed by atoms with E-state index in [0.29, 0.717) is 32.1 Å². The van der Waals surface area contributed by atoms with Crippen molar-refractivity contribution in [2.45, 2.75) is 4.34 Å². The highest BCUT2D eigenvalue weighted by molar-refractivity contribution is 8.01. The van der Waals surface area contributed by atoms with Gasteiger partial charge in [-0.2, -0.15) is 0 Å². The van der Waals surface area contributed by atoms with Crippen molar-refractivity contribution in [2.75, 3.05) is 32.1 Å². The van der Waals surface area contributed by atoms with Crippen molar-refractivity contribution in [2.24, 2.45) is 4.99 Å². The summed E-state index contributed by atoms with van der Waals surface area (Å²) in [7, 11) is 0. The minimum absolute atomic E-state index is 0.0513. The lowest BCUT2D eigenvalue weighted by atomic mass is 10.2. The van der Waals surface area contributed by atoms with Gasteiger partial charge in [0.05, 0.1) is 39.8 Å². The molecule has 4 rings (SSSR count). The number of carbonyl (C=O) groups excluding carboxylic acids is 1. The van der Waals surface area contributed by atoms with Crippen molar-refractivity contribution in [1.82, 2.24) is 9.88 Å². The van der Waals surface area contributed by atoms with Crippen LogP contribution in [0.4, 0.5) is 11.4 Å². The molecule has 1 aliphatic rings. The number of morpholine rings is 1. The summed E-state index contributed by atoms with van der Waals surface area (Å²) in [5.41, 5.74) is 2.47. The molecule has 0 atom stereocenters. The van der Waals surface area contributed by atoms with Gasteiger partial charge in [-0.25, -0.2) is 4.98 Å². The molecule has 1 saturated heterocycles. The molecule has 2 heterocycles. The quantitative estimate of drug-likeness (QED) is 0.248. The Labute approximate surface area is 180 Å². The van der Waals surface area contributed by atoms with E-state index in [4.69, 9.17) is 4.74 Å². The van der Waals surface area contributed by atoms with E-state index in [2.05, 4.69) is 9.98 Å². The van der Waals surface area contributed by atoms with Crippen LogP contribution < -0.4 is 0 Å². The van der Waals surface area contributed by atoms with Crippen LogP contribution in [0.3, 0.4) is 0 Å². The fourth-order valence-electron chi connectivity index (χ4n) is 2.89. The Morgan fingerprint density at radius 1 is 1.27 bits per heavy atom. The van der Waals surface area contributed by atoms with Crippen LogP contribution in [0.15, 0.2) is 51.8 Å². The number of hydrogen-bond donors (Lipinski definition) is 0. The van der Waals surface area contributed by atoms with Gasteiger partial charge < -0.3 is 9.64 Å². The Morgan fingerprint density at radius 3 is 2.77 bits per heavy atom. The first-order chi connectivity index (χ1) is 14.6. The van der Waals surface area contributed by atoms with Crippen molar-refractivity contribution < 1.29 is 14.5 Å². The zero-order valence-corrected chi connectivity index (χ0v) is 17.5. The van der Waals surface area contributed by atoms with E-state index in [-0.39, 0.29) is 11.6 Å². The molecule has 0 saturated carbocycles. The fourth-order valence-corrected chi connectivity index (χ4v) is 4.90. The van der Waals surface area contributed by atoms with Crippen LogP contribution in [0, 0.1) is 10.1 Å². The number of thioether (sulfide) groups is 1. The molecule has 8 nitrogen and oxygen atoms in total. The van der Waals surface area contributed by atoms with Crippen LogP contribution in [0.25, 0.3) is 10.2 Å². The molecule has 1 aliphatic heterocycles. The third kappa shape index (κ3) is 5.02. The lowest BCUT2D eigenvalue weighted by Gasteiger charge is -2.26. The van der Waals surface area contributed by atoms with E-state index < -0.39 is 4.92 Å². The Kier molecular flexibility index (Phi) is 6.36. The number of aromatic nitrogens is 1. The minimum Gasteiger partial charge on any atom is -0.378 e. The van der Waals surface area contributed by atoms with Gasteiger partial charge in [0.2, 0.25) is 5.91 Å². The fraction of sp³-hybridized carbons (Fsp3) is 0.250. The molecule has 154 valence electrons. The third-order valence-corrected chi connectivity index (χ3v) is 6.65. The smallest absolute Gasteiger partial charge is 0.269 e. The molecule has 10 heteroatoms. The number of nitrogens with zero attached hydrogens (tertiary/aromatic N) is 4. The Bertz CT molecular complexity index is 1090. The van der Waals surface area contributed by atoms with E-state index in [1.807, 2.05) is 23.1 Å². The summed E-state index contributed by atoms with van der Waals surface area (Å²) in [5.74, 6) is 0.473. The molecule has 2 aromatic carbocycles. The van der Waals surface area contributed by atoms with Crippen LogP contribution in [-0.2, 0) is 9.53 Å². The van der Waals surface area contributed by atoms with Crippen LogP contribution in [0.5, 0.6) is 0 Å². The first-order valence-corrected chi connectivity index (χ1v) is 11.1. The summed E-state index contributed by atoms with van der Waals surface area (Å²) in [6.07, 6.45) is 1.67. The van der Waals surface area contributed by atoms with Crippen LogP contribution in [0.1, 0.15) is 5.56 Å². The van der Waals surface area contributed by atoms with Gasteiger partial charge in [0.15, 0.2) is 4.34 Å². The molecule has 0 aliphatic carbocycles. The number of benzene rings is 2. The van der Waals surface area contributed by atoms with Crippen molar-refractivity contribution >= 4 is 56.8 Å². The number of aliphatic imine (C=N–C) groups is 1. The van der Waals surface area contributed by atoms with Gasteiger partial charge in [0, 0.05) is 31.4 Å². The average Bonchev–Trinajstić information content (AvgIpc) is 3.19. The van der Waals surface area contributed by atoms with Crippen LogP contribution in [-0.4, -0.2) is 59.0 Å². The SMILES string of the molecule is O=C(CSc1nc2ccc(N=Cc3ccc([N+](=O)[O-])cc3)cc2s1)N1CCOCC1. The predicted molar refractivity (Wildman–Crippen MR) is 118 cm³/mol. The molecule has 0 radical (unpaired) electrons. The molecule has 3 aromatic rings. The van der Waals surface area contributed by atoms with Crippen LogP contribution in [0.2, 0.25) is 0 Å². The Hall–Kier alpha value is -2.82. The zero-order chi connectivity index (χ0) is 20.9. The van der Waals surface area contributed by atoms with Gasteiger partial charge in [-0.15, -0.1) is 11.3 Å². The number of non-ortho nitro benzene ring substituents is 1. The molecule has 0 spiro atoms. The van der Waals surface area contributed by atoms with E-state index in [0.717, 1.165) is 25.8 Å². The van der Waals surface area contributed by atoms with Crippen molar-refractivity contribution in [1.29, 1.82) is 0 Å². The number of carbonyl (C=O) groups is 1. The second kappa shape index (κ2) is 9.33. The van der Waals surface area contributed by atoms with Crippen molar-refractivity contribution in [3.63, 3.8) is 0 Å². The first kappa shape index (κ1) is 20.5. The van der Waals surface area contributed by atoms with Gasteiger partial charge in [-0.05, 0) is 35.9 Å². The molecule has 1 aromatic heterocycles. The zero-order valence-electron chi connectivity index (χ0n) is 15.9. The number of ether oxygens (including phenoxy) is 1. The summed E-state index contributed by atoms with van der Waals surface area (Å²) >= 11 is 2.98. The number of hydrogen-bond acceptors (Lipinski definition) is 8. The summed E-state index contributed by atoms with van der Waals surface area (Å²) in [5, 5.41) is 10.7. The molecular formula is C20H18N4O4S2. The van der Waals surface area contributed by atoms with E-state index >= 15 is 0 Å². The normalized spacial score (nSPS) is 14.5. The lowest BCUT2D eigenvalue weighted by molar-refractivity contribution is -0.384. The van der Waals surface area contributed by atoms with Crippen molar-refractivity contribution in [3.05, 3.63) is 58.1 Å². The molecule has 30 heavy (non-hydrogen) atoms. The standard InChI is InChI=1S/C20H18N4O4S2/c25-19(23-7-9-28-10-8-23)13-29-20-22-17-6-3-15(11-18(17)30-20)21-12-14-1-4-16(5-2-14)24(26)27/h1-6,11-12H,7-10,13H2. The average molecular weight is 443 g/mol. The highest BCUT2D eigenvalue weighted by atomic mass is 32.2. The summed E-state index contributed by atoms with van der Waals surface area (Å²) in [6, 6.07) is 12.0. The van der Waals surface area contributed by atoms with Gasteiger partial charge in [0.25, 0.3) is 5.69 Å². The van der Waals surface area contributed by atoms with Gasteiger partial charge in [-0.3, -0.25) is 19.9 Å². The number of thiazole rings is 1. The third-order valence-electron chi connectivity index (χ3n) is 4.50. The van der Waals surface area contributed by atoms with Gasteiger partial charge in [-0.1, -0.05) is 11.8 Å². The largest absolute Gasteiger partial charge is 0.378 e. The molecule has 0 bridgehead atoms.